The van der Waals surface area contributed by atoms with Crippen LogP contribution in [0.2, 0.25) is 0 Å². The molecule has 0 aliphatic rings. The Bertz CT molecular complexity index is 2100. The van der Waals surface area contributed by atoms with Crippen molar-refractivity contribution in [2.24, 2.45) is 0 Å². The topological polar surface area (TPSA) is 168 Å². The Hall–Kier alpha value is -6.94. The van der Waals surface area contributed by atoms with Gasteiger partial charge in [-0.3, -0.25) is 0 Å². The van der Waals surface area contributed by atoms with E-state index in [1.807, 2.05) is 12.1 Å². The number of aromatic carboxylic acids is 2. The minimum absolute atomic E-state index is 0.106. The van der Waals surface area contributed by atoms with E-state index in [0.717, 1.165) is 21.9 Å². The first-order valence-electron chi connectivity index (χ1n) is 14.3. The first-order chi connectivity index (χ1) is 23.0. The van der Waals surface area contributed by atoms with Gasteiger partial charge in [-0.25, -0.2) is 19.2 Å². The second-order valence-electron chi connectivity index (χ2n) is 10.3. The molecule has 0 saturated carbocycles. The molecule has 0 aliphatic carbocycles. The lowest BCUT2D eigenvalue weighted by molar-refractivity contribution is 0.0685. The molecule has 0 aromatic heterocycles. The number of ether oxygens (including phenoxy) is 2. The largest absolute Gasteiger partial charge is 0.508 e. The fourth-order valence-corrected chi connectivity index (χ4v) is 4.48. The number of benzene rings is 6. The van der Waals surface area contributed by atoms with Crippen LogP contribution in [0.25, 0.3) is 21.9 Å². The minimum Gasteiger partial charge on any atom is -0.508 e. The van der Waals surface area contributed by atoms with Crippen molar-refractivity contribution in [3.05, 3.63) is 156 Å². The maximum atomic E-state index is 12.2. The number of fused-ring (bicyclic) bond motifs is 1. The minimum atomic E-state index is -1.05. The number of carboxylic acids is 2. The third-order valence-electron chi connectivity index (χ3n) is 7.00. The molecule has 4 N–H and O–H groups in total. The molecule has 0 bridgehead atoms. The van der Waals surface area contributed by atoms with E-state index in [4.69, 9.17) is 19.7 Å². The summed E-state index contributed by atoms with van der Waals surface area (Å²) in [5.41, 5.74) is 2.72. The summed E-state index contributed by atoms with van der Waals surface area (Å²) in [5, 5.41) is 38.0. The number of phenols is 2. The fourth-order valence-electron chi connectivity index (χ4n) is 4.48. The molecule has 10 heteroatoms. The average Bonchev–Trinajstić information content (AvgIpc) is 3.09. The third-order valence-corrected chi connectivity index (χ3v) is 7.00. The van der Waals surface area contributed by atoms with Crippen LogP contribution in [0.5, 0.6) is 23.0 Å². The Labute approximate surface area is 273 Å². The summed E-state index contributed by atoms with van der Waals surface area (Å²) in [7, 11) is 0. The number of rotatable bonds is 7. The van der Waals surface area contributed by atoms with Crippen LogP contribution in [0.15, 0.2) is 133 Å². The molecule has 0 spiro atoms. The molecule has 48 heavy (non-hydrogen) atoms. The number of phenolic OH excluding ortho intramolecular Hbond substituents is 2. The highest BCUT2D eigenvalue weighted by Gasteiger charge is 2.12. The van der Waals surface area contributed by atoms with Gasteiger partial charge >= 0.3 is 23.9 Å². The molecule has 10 nitrogen and oxygen atoms in total. The molecule has 238 valence electrons. The molecular weight excluding hydrogens is 616 g/mol. The Morgan fingerprint density at radius 3 is 1.31 bits per heavy atom. The summed E-state index contributed by atoms with van der Waals surface area (Å²) in [6.45, 7) is 0. The Morgan fingerprint density at radius 1 is 0.396 bits per heavy atom. The van der Waals surface area contributed by atoms with Gasteiger partial charge in [0.25, 0.3) is 0 Å². The molecule has 0 radical (unpaired) electrons. The van der Waals surface area contributed by atoms with Crippen molar-refractivity contribution in [3.8, 4) is 34.1 Å². The summed E-state index contributed by atoms with van der Waals surface area (Å²) >= 11 is 0. The van der Waals surface area contributed by atoms with E-state index in [9.17, 15) is 29.4 Å². The van der Waals surface area contributed by atoms with Gasteiger partial charge in [-0.05, 0) is 119 Å². The maximum absolute atomic E-state index is 12.2. The summed E-state index contributed by atoms with van der Waals surface area (Å²) in [5.74, 6) is -2.18. The number of hydrogen-bond donors (Lipinski definition) is 4. The Balaban J connectivity index is 0.000000188. The third kappa shape index (κ3) is 8.20. The second kappa shape index (κ2) is 14.4. The predicted molar refractivity (Wildman–Crippen MR) is 176 cm³/mol. The summed E-state index contributed by atoms with van der Waals surface area (Å²) in [6, 6.07) is 34.7. The molecule has 0 aliphatic heterocycles. The van der Waals surface area contributed by atoms with Crippen molar-refractivity contribution in [3.63, 3.8) is 0 Å². The molecule has 0 saturated heterocycles. The predicted octanol–water partition coefficient (Wildman–Crippen LogP) is 7.44. The van der Waals surface area contributed by atoms with Crippen LogP contribution in [-0.4, -0.2) is 44.3 Å². The van der Waals surface area contributed by atoms with Gasteiger partial charge in [0, 0.05) is 0 Å². The zero-order valence-corrected chi connectivity index (χ0v) is 24.9. The zero-order chi connectivity index (χ0) is 34.2. The van der Waals surface area contributed by atoms with Gasteiger partial charge in [0.15, 0.2) is 0 Å². The van der Waals surface area contributed by atoms with Crippen LogP contribution in [0.1, 0.15) is 41.4 Å². The van der Waals surface area contributed by atoms with E-state index in [-0.39, 0.29) is 33.9 Å². The first-order valence-corrected chi connectivity index (χ1v) is 14.3. The van der Waals surface area contributed by atoms with Crippen LogP contribution >= 0.6 is 0 Å². The van der Waals surface area contributed by atoms with Crippen LogP contribution in [0.3, 0.4) is 0 Å². The normalized spacial score (nSPS) is 10.3. The Morgan fingerprint density at radius 2 is 0.771 bits per heavy atom. The first kappa shape index (κ1) is 32.5. The number of carbonyl (C=O) groups excluding carboxylic acids is 2. The molecular formula is C38H26O10. The van der Waals surface area contributed by atoms with Gasteiger partial charge in [0.2, 0.25) is 0 Å². The molecule has 6 rings (SSSR count). The maximum Gasteiger partial charge on any atom is 0.343 e. The highest BCUT2D eigenvalue weighted by molar-refractivity contribution is 5.97. The van der Waals surface area contributed by atoms with E-state index < -0.39 is 23.9 Å². The van der Waals surface area contributed by atoms with Crippen molar-refractivity contribution in [1.29, 1.82) is 0 Å². The molecule has 0 fully saturated rings. The van der Waals surface area contributed by atoms with Gasteiger partial charge in [-0.1, -0.05) is 36.4 Å². The van der Waals surface area contributed by atoms with E-state index >= 15 is 0 Å². The van der Waals surface area contributed by atoms with E-state index in [1.54, 1.807) is 72.8 Å². The average molecular weight is 643 g/mol. The van der Waals surface area contributed by atoms with Gasteiger partial charge < -0.3 is 29.9 Å². The van der Waals surface area contributed by atoms with Gasteiger partial charge in [-0.15, -0.1) is 0 Å². The highest BCUT2D eigenvalue weighted by atomic mass is 16.5. The molecule has 6 aromatic carbocycles. The number of aromatic hydroxyl groups is 2. The number of carbonyl (C=O) groups is 4. The van der Waals surface area contributed by atoms with Gasteiger partial charge in [0.05, 0.1) is 22.3 Å². The summed E-state index contributed by atoms with van der Waals surface area (Å²) in [6.07, 6.45) is 0. The van der Waals surface area contributed by atoms with Gasteiger partial charge in [-0.2, -0.15) is 0 Å². The van der Waals surface area contributed by atoms with Crippen molar-refractivity contribution in [2.75, 3.05) is 0 Å². The number of carboxylic acid groups (broad SMARTS) is 2. The SMILES string of the molecule is O=C(O)c1ccc(C(=O)Oc2ccc(-c3ccc(O)cc3)cc2)cc1.O=C(O)c1ccc(OC(=O)c2ccc3cc(O)ccc3c2)cc1. The van der Waals surface area contributed by atoms with Crippen LogP contribution in [0, 0.1) is 0 Å². The number of hydrogen-bond acceptors (Lipinski definition) is 8. The van der Waals surface area contributed by atoms with Crippen molar-refractivity contribution >= 4 is 34.6 Å². The van der Waals surface area contributed by atoms with Crippen molar-refractivity contribution in [1.82, 2.24) is 0 Å². The fraction of sp³-hybridized carbons (Fsp3) is 0. The molecule has 0 unspecified atom stereocenters. The zero-order valence-electron chi connectivity index (χ0n) is 24.9. The lowest BCUT2D eigenvalue weighted by Crippen LogP contribution is -2.09. The molecule has 6 aromatic rings. The standard InChI is InChI=1S/C20H14O5.C18H12O5/c21-17-9-5-13(6-10-17)14-7-11-18(12-8-14)25-20(24)16-3-1-15(2-4-16)19(22)23;19-15-6-3-12-9-14(2-1-13(12)10-15)18(22)23-16-7-4-11(5-8-16)17(20)21/h1-12,21H,(H,22,23);1-10,19H,(H,20,21). The van der Waals surface area contributed by atoms with E-state index in [2.05, 4.69) is 0 Å². The lowest BCUT2D eigenvalue weighted by Gasteiger charge is -2.06. The monoisotopic (exact) mass is 642 g/mol. The molecule has 0 atom stereocenters. The smallest absolute Gasteiger partial charge is 0.343 e. The highest BCUT2D eigenvalue weighted by Crippen LogP contribution is 2.25. The van der Waals surface area contributed by atoms with Crippen molar-refractivity contribution < 1.29 is 49.1 Å². The quantitative estimate of drug-likeness (QED) is 0.101. The van der Waals surface area contributed by atoms with Crippen molar-refractivity contribution in [2.45, 2.75) is 0 Å². The summed E-state index contributed by atoms with van der Waals surface area (Å²) in [4.78, 5) is 45.8. The Kier molecular flexibility index (Phi) is 9.76. The van der Waals surface area contributed by atoms with Gasteiger partial charge in [0.1, 0.15) is 23.0 Å². The van der Waals surface area contributed by atoms with E-state index in [0.29, 0.717) is 11.3 Å². The van der Waals surface area contributed by atoms with E-state index in [1.165, 1.54) is 48.5 Å². The molecule has 0 heterocycles. The number of esters is 2. The molecule has 0 amide bonds. The van der Waals surface area contributed by atoms with Crippen LogP contribution in [0.4, 0.5) is 0 Å². The lowest BCUT2D eigenvalue weighted by atomic mass is 10.1. The van der Waals surface area contributed by atoms with Crippen LogP contribution < -0.4 is 9.47 Å². The second-order valence-corrected chi connectivity index (χ2v) is 10.3. The van der Waals surface area contributed by atoms with Crippen LogP contribution in [-0.2, 0) is 0 Å². The summed E-state index contributed by atoms with van der Waals surface area (Å²) < 4.78 is 10.5.